The van der Waals surface area contributed by atoms with Gasteiger partial charge in [-0.25, -0.2) is 9.13 Å². The quantitative estimate of drug-likeness (QED) is 0.0222. The van der Waals surface area contributed by atoms with Gasteiger partial charge >= 0.3 is 39.5 Å². The van der Waals surface area contributed by atoms with Crippen LogP contribution in [0, 0.1) is 17.8 Å². The number of carbonyl (C=O) groups excluding carboxylic acids is 4. The van der Waals surface area contributed by atoms with Crippen molar-refractivity contribution >= 4 is 39.5 Å². The largest absolute Gasteiger partial charge is 0.472 e. The first kappa shape index (κ1) is 106. The third kappa shape index (κ3) is 79.3. The van der Waals surface area contributed by atoms with Gasteiger partial charge in [0.25, 0.3) is 0 Å². The van der Waals surface area contributed by atoms with Crippen LogP contribution in [0.4, 0.5) is 0 Å². The Morgan fingerprint density at radius 1 is 0.269 bits per heavy atom. The van der Waals surface area contributed by atoms with E-state index in [2.05, 4.69) is 48.5 Å². The maximum absolute atomic E-state index is 13.2. The van der Waals surface area contributed by atoms with Gasteiger partial charge in [0.05, 0.1) is 26.4 Å². The van der Waals surface area contributed by atoms with Crippen LogP contribution >= 0.6 is 15.6 Å². The van der Waals surface area contributed by atoms with Crippen molar-refractivity contribution in [2.45, 2.75) is 491 Å². The van der Waals surface area contributed by atoms with E-state index in [-0.39, 0.29) is 25.7 Å². The van der Waals surface area contributed by atoms with Crippen molar-refractivity contribution in [3.63, 3.8) is 0 Å². The molecule has 0 radical (unpaired) electrons. The summed E-state index contributed by atoms with van der Waals surface area (Å²) in [4.78, 5) is 73.2. The zero-order valence-electron chi connectivity index (χ0n) is 71.3. The molecule has 0 heterocycles. The Bertz CT molecular complexity index is 2080. The molecule has 0 aromatic carbocycles. The molecule has 642 valence electrons. The van der Waals surface area contributed by atoms with E-state index in [1.54, 1.807) is 0 Å². The lowest BCUT2D eigenvalue weighted by Crippen LogP contribution is -2.30. The summed E-state index contributed by atoms with van der Waals surface area (Å²) in [6.07, 6.45) is 71.0. The Morgan fingerprint density at radius 3 is 0.704 bits per heavy atom. The van der Waals surface area contributed by atoms with Crippen LogP contribution in [-0.2, 0) is 65.4 Å². The van der Waals surface area contributed by atoms with Crippen LogP contribution < -0.4 is 0 Å². The molecule has 108 heavy (non-hydrogen) atoms. The van der Waals surface area contributed by atoms with Gasteiger partial charge in [-0.2, -0.15) is 0 Å². The lowest BCUT2D eigenvalue weighted by Gasteiger charge is -2.21. The number of aliphatic hydroxyl groups is 1. The van der Waals surface area contributed by atoms with E-state index < -0.39 is 97.5 Å². The number of hydrogen-bond acceptors (Lipinski definition) is 15. The fraction of sp³-hybridized carbons (Fsp3) is 0.955. The molecule has 4 unspecified atom stereocenters. The minimum absolute atomic E-state index is 0.107. The number of aliphatic hydroxyl groups excluding tert-OH is 1. The molecule has 0 fully saturated rings. The molecule has 0 aliphatic heterocycles. The van der Waals surface area contributed by atoms with E-state index in [1.165, 1.54) is 270 Å². The number of esters is 4. The summed E-state index contributed by atoms with van der Waals surface area (Å²) in [7, 11) is -9.93. The van der Waals surface area contributed by atoms with Crippen LogP contribution in [0.25, 0.3) is 0 Å². The fourth-order valence-corrected chi connectivity index (χ4v) is 15.4. The molecule has 7 atom stereocenters. The van der Waals surface area contributed by atoms with Gasteiger partial charge in [0.2, 0.25) is 0 Å². The highest BCUT2D eigenvalue weighted by Crippen LogP contribution is 2.45. The smallest absolute Gasteiger partial charge is 0.462 e. The highest BCUT2D eigenvalue weighted by molar-refractivity contribution is 7.47. The van der Waals surface area contributed by atoms with Crippen molar-refractivity contribution in [2.24, 2.45) is 17.8 Å². The summed E-state index contributed by atoms with van der Waals surface area (Å²) < 4.78 is 68.8. The molecule has 0 rings (SSSR count). The molecule has 17 nitrogen and oxygen atoms in total. The van der Waals surface area contributed by atoms with E-state index in [0.717, 1.165) is 120 Å². The molecule has 0 saturated heterocycles. The number of carbonyl (C=O) groups is 4. The Hall–Kier alpha value is -1.94. The number of unbranched alkanes of at least 4 members (excludes halogenated alkanes) is 53. The first-order valence-corrected chi connectivity index (χ1v) is 48.9. The molecule has 0 aromatic heterocycles. The van der Waals surface area contributed by atoms with Crippen molar-refractivity contribution in [3.05, 3.63) is 0 Å². The number of rotatable bonds is 87. The van der Waals surface area contributed by atoms with Gasteiger partial charge in [0, 0.05) is 25.7 Å². The van der Waals surface area contributed by atoms with Crippen LogP contribution in [0.3, 0.4) is 0 Å². The van der Waals surface area contributed by atoms with Gasteiger partial charge in [0.15, 0.2) is 12.2 Å². The van der Waals surface area contributed by atoms with Crippen LogP contribution in [0.2, 0.25) is 0 Å². The summed E-state index contributed by atoms with van der Waals surface area (Å²) in [5.41, 5.74) is 0. The third-order valence-electron chi connectivity index (χ3n) is 21.6. The van der Waals surface area contributed by atoms with Crippen LogP contribution in [0.15, 0.2) is 0 Å². The van der Waals surface area contributed by atoms with E-state index in [1.807, 2.05) is 0 Å². The van der Waals surface area contributed by atoms with Crippen LogP contribution in [-0.4, -0.2) is 96.7 Å². The zero-order chi connectivity index (χ0) is 79.3. The maximum atomic E-state index is 13.2. The van der Waals surface area contributed by atoms with Crippen molar-refractivity contribution in [1.29, 1.82) is 0 Å². The van der Waals surface area contributed by atoms with Gasteiger partial charge in [-0.3, -0.25) is 37.3 Å². The zero-order valence-corrected chi connectivity index (χ0v) is 73.1. The number of ether oxygens (including phenoxy) is 4. The Labute approximate surface area is 664 Å². The summed E-state index contributed by atoms with van der Waals surface area (Å²) in [5, 5.41) is 10.7. The van der Waals surface area contributed by atoms with Gasteiger partial charge in [0.1, 0.15) is 19.3 Å². The van der Waals surface area contributed by atoms with Gasteiger partial charge < -0.3 is 33.8 Å². The Balaban J connectivity index is 5.16. The lowest BCUT2D eigenvalue weighted by molar-refractivity contribution is -0.161. The second-order valence-electron chi connectivity index (χ2n) is 32.9. The van der Waals surface area contributed by atoms with E-state index >= 15 is 0 Å². The molecule has 0 bridgehead atoms. The topological polar surface area (TPSA) is 237 Å². The van der Waals surface area contributed by atoms with Crippen LogP contribution in [0.5, 0.6) is 0 Å². The summed E-state index contributed by atoms with van der Waals surface area (Å²) >= 11 is 0. The predicted molar refractivity (Wildman–Crippen MR) is 446 cm³/mol. The normalized spacial score (nSPS) is 14.3. The second-order valence-corrected chi connectivity index (χ2v) is 35.9. The lowest BCUT2D eigenvalue weighted by atomic mass is 9.99. The standard InChI is InChI=1S/C89H174O17P2/c1-8-11-12-13-46-56-63-70-86(91)99-76-84(105-88(93)72-66-59-52-45-39-33-27-26-30-36-42-49-55-62-69-82(7)10-3)78-103-107(95,96)101-74-83(90)75-102-108(97,98)104-79-85(77-100-87(92)71-64-57-50-43-37-31-24-20-16-14-18-22-28-34-40-47-53-60-67-80(4)5)106-89(94)73-65-58-51-44-38-32-25-21-17-15-19-23-29-35-41-48-54-61-68-81(6)9-2/h80-85,90H,8-79H2,1-7H3,(H,95,96)(H,97,98)/t81?,82?,83-,84+,85+/m0/s1. The second kappa shape index (κ2) is 78.9. The average molecular weight is 1580 g/mol. The first-order valence-electron chi connectivity index (χ1n) is 45.9. The predicted octanol–water partition coefficient (Wildman–Crippen LogP) is 27.3. The first-order chi connectivity index (χ1) is 52.3. The molecular weight excluding hydrogens is 1400 g/mol. The minimum atomic E-state index is -4.97. The summed E-state index contributed by atoms with van der Waals surface area (Å²) in [5.74, 6) is 0.434. The Morgan fingerprint density at radius 2 is 0.472 bits per heavy atom. The molecular formula is C89H174O17P2. The Kier molecular flexibility index (Phi) is 77.5. The van der Waals surface area contributed by atoms with Crippen molar-refractivity contribution in [1.82, 2.24) is 0 Å². The highest BCUT2D eigenvalue weighted by Gasteiger charge is 2.31. The molecule has 0 aromatic rings. The van der Waals surface area contributed by atoms with Crippen molar-refractivity contribution in [3.8, 4) is 0 Å². The number of phosphoric acid groups is 2. The third-order valence-corrected chi connectivity index (χ3v) is 23.5. The highest BCUT2D eigenvalue weighted by atomic mass is 31.2. The fourth-order valence-electron chi connectivity index (χ4n) is 13.8. The molecule has 0 aliphatic rings. The molecule has 0 aliphatic carbocycles. The van der Waals surface area contributed by atoms with Crippen molar-refractivity contribution < 1.29 is 80.2 Å². The number of hydrogen-bond donors (Lipinski definition) is 3. The van der Waals surface area contributed by atoms with Gasteiger partial charge in [-0.05, 0) is 43.4 Å². The minimum Gasteiger partial charge on any atom is -0.462 e. The van der Waals surface area contributed by atoms with Crippen LogP contribution in [0.1, 0.15) is 472 Å². The average Bonchev–Trinajstić information content (AvgIpc) is 0.896. The van der Waals surface area contributed by atoms with Gasteiger partial charge in [-0.15, -0.1) is 0 Å². The summed E-state index contributed by atoms with van der Waals surface area (Å²) in [6, 6.07) is 0. The monoisotopic (exact) mass is 1580 g/mol. The molecule has 0 saturated carbocycles. The van der Waals surface area contributed by atoms with Gasteiger partial charge in [-0.1, -0.05) is 421 Å². The molecule has 0 amide bonds. The van der Waals surface area contributed by atoms with E-state index in [9.17, 15) is 43.2 Å². The van der Waals surface area contributed by atoms with E-state index in [4.69, 9.17) is 37.0 Å². The SMILES string of the molecule is CCCCCCCCCC(=O)OC[C@H](COP(=O)(O)OC[C@H](O)COP(=O)(O)OC[C@@H](COC(=O)CCCCCCCCCCCCCCCCCCCCC(C)C)OC(=O)CCCCCCCCCCCCCCCCCCCCC(C)CC)OC(=O)CCCCCCCCCCCCCCCCC(C)CC. The molecule has 19 heteroatoms. The molecule has 0 spiro atoms. The molecule has 3 N–H and O–H groups in total. The van der Waals surface area contributed by atoms with Crippen molar-refractivity contribution in [2.75, 3.05) is 39.6 Å². The maximum Gasteiger partial charge on any atom is 0.472 e. The number of phosphoric ester groups is 2. The summed E-state index contributed by atoms with van der Waals surface area (Å²) in [6.45, 7) is 12.1. The van der Waals surface area contributed by atoms with E-state index in [0.29, 0.717) is 25.7 Å².